The predicted octanol–water partition coefficient (Wildman–Crippen LogP) is 0.839. The van der Waals surface area contributed by atoms with Crippen molar-refractivity contribution in [2.45, 2.75) is 6.92 Å². The van der Waals surface area contributed by atoms with E-state index >= 15 is 0 Å². The lowest BCUT2D eigenvalue weighted by Crippen LogP contribution is -2.28. The van der Waals surface area contributed by atoms with Gasteiger partial charge in [0, 0.05) is 18.7 Å². The second-order valence-corrected chi connectivity index (χ2v) is 3.62. The number of amides is 1. The molecule has 0 fully saturated rings. The summed E-state index contributed by atoms with van der Waals surface area (Å²) in [4.78, 5) is 11.6. The highest BCUT2D eigenvalue weighted by Crippen LogP contribution is 2.08. The summed E-state index contributed by atoms with van der Waals surface area (Å²) >= 11 is 0. The highest BCUT2D eigenvalue weighted by Gasteiger charge is 2.06. The summed E-state index contributed by atoms with van der Waals surface area (Å²) in [5.41, 5.74) is 6.15. The number of carbonyl (C=O) groups excluding carboxylic acids is 1. The van der Waals surface area contributed by atoms with Gasteiger partial charge in [0.25, 0.3) is 5.91 Å². The molecule has 0 radical (unpaired) electrons. The summed E-state index contributed by atoms with van der Waals surface area (Å²) < 4.78 is 18.1. The molecule has 0 aliphatic heterocycles. The summed E-state index contributed by atoms with van der Waals surface area (Å²) in [6.45, 7) is 3.39. The maximum Gasteiger partial charge on any atom is 0.251 e. The van der Waals surface area contributed by atoms with Crippen molar-refractivity contribution < 1.29 is 13.9 Å². The molecule has 1 amide bonds. The molecule has 0 unspecified atom stereocenters. The lowest BCUT2D eigenvalue weighted by atomic mass is 10.1. The Kier molecular flexibility index (Phi) is 5.59. The van der Waals surface area contributed by atoms with Gasteiger partial charge in [-0.15, -0.1) is 0 Å². The van der Waals surface area contributed by atoms with Crippen LogP contribution in [0.2, 0.25) is 0 Å². The largest absolute Gasteiger partial charge is 0.378 e. The summed E-state index contributed by atoms with van der Waals surface area (Å²) in [6, 6.07) is 4.26. The number of carbonyl (C=O) groups is 1. The van der Waals surface area contributed by atoms with Crippen LogP contribution in [0, 0.1) is 12.7 Å². The van der Waals surface area contributed by atoms with Crippen molar-refractivity contribution in [1.29, 1.82) is 0 Å². The third-order valence-corrected chi connectivity index (χ3v) is 2.21. The Labute approximate surface area is 100.0 Å². The van der Waals surface area contributed by atoms with Gasteiger partial charge >= 0.3 is 0 Å². The third-order valence-electron chi connectivity index (χ3n) is 2.21. The Morgan fingerprint density at radius 1 is 1.47 bits per heavy atom. The molecule has 0 aromatic heterocycles. The highest BCUT2D eigenvalue weighted by atomic mass is 19.1. The van der Waals surface area contributed by atoms with E-state index < -0.39 is 0 Å². The highest BCUT2D eigenvalue weighted by molar-refractivity contribution is 5.94. The Bertz CT molecular complexity index is 383. The molecular formula is C12H17FN2O2. The monoisotopic (exact) mass is 240 g/mol. The van der Waals surface area contributed by atoms with Gasteiger partial charge in [0.05, 0.1) is 13.2 Å². The van der Waals surface area contributed by atoms with E-state index in [1.54, 1.807) is 6.92 Å². The zero-order chi connectivity index (χ0) is 12.7. The van der Waals surface area contributed by atoms with Gasteiger partial charge in [-0.2, -0.15) is 0 Å². The minimum Gasteiger partial charge on any atom is -0.378 e. The van der Waals surface area contributed by atoms with Crippen LogP contribution in [0.25, 0.3) is 0 Å². The second kappa shape index (κ2) is 6.98. The van der Waals surface area contributed by atoms with Crippen LogP contribution in [-0.4, -0.2) is 32.2 Å². The zero-order valence-corrected chi connectivity index (χ0v) is 9.83. The molecule has 0 saturated carbocycles. The molecule has 0 heterocycles. The summed E-state index contributed by atoms with van der Waals surface area (Å²) in [5, 5.41) is 2.68. The van der Waals surface area contributed by atoms with Gasteiger partial charge < -0.3 is 15.8 Å². The van der Waals surface area contributed by atoms with Gasteiger partial charge in [0.2, 0.25) is 0 Å². The molecule has 1 aromatic carbocycles. The molecule has 1 rings (SSSR count). The molecule has 0 saturated heterocycles. The summed E-state index contributed by atoms with van der Waals surface area (Å²) in [6.07, 6.45) is 0. The van der Waals surface area contributed by atoms with Crippen LogP contribution in [0.1, 0.15) is 15.9 Å². The van der Waals surface area contributed by atoms with Crippen molar-refractivity contribution in [2.75, 3.05) is 26.3 Å². The van der Waals surface area contributed by atoms with E-state index in [2.05, 4.69) is 5.32 Å². The number of hydrogen-bond donors (Lipinski definition) is 2. The molecule has 0 aliphatic carbocycles. The number of hydrogen-bond acceptors (Lipinski definition) is 3. The van der Waals surface area contributed by atoms with Crippen molar-refractivity contribution in [3.63, 3.8) is 0 Å². The first-order valence-electron chi connectivity index (χ1n) is 5.47. The molecule has 17 heavy (non-hydrogen) atoms. The van der Waals surface area contributed by atoms with E-state index in [0.717, 1.165) is 0 Å². The van der Waals surface area contributed by atoms with Crippen LogP contribution in [0.3, 0.4) is 0 Å². The number of rotatable bonds is 6. The fourth-order valence-corrected chi connectivity index (χ4v) is 1.31. The molecule has 0 spiro atoms. The van der Waals surface area contributed by atoms with Gasteiger partial charge in [-0.1, -0.05) is 0 Å². The van der Waals surface area contributed by atoms with E-state index in [0.29, 0.717) is 37.4 Å². The fourth-order valence-electron chi connectivity index (χ4n) is 1.31. The SMILES string of the molecule is Cc1cc(C(=O)NCCOCCN)ccc1F. The number of nitrogens with two attached hydrogens (primary N) is 1. The Morgan fingerprint density at radius 3 is 2.88 bits per heavy atom. The lowest BCUT2D eigenvalue weighted by Gasteiger charge is -2.06. The van der Waals surface area contributed by atoms with Gasteiger partial charge in [-0.05, 0) is 30.7 Å². The topological polar surface area (TPSA) is 64.3 Å². The number of aryl methyl sites for hydroxylation is 1. The van der Waals surface area contributed by atoms with Crippen molar-refractivity contribution in [1.82, 2.24) is 5.32 Å². The number of halogens is 1. The minimum absolute atomic E-state index is 0.232. The first-order valence-corrected chi connectivity index (χ1v) is 5.47. The normalized spacial score (nSPS) is 10.3. The summed E-state index contributed by atoms with van der Waals surface area (Å²) in [7, 11) is 0. The standard InChI is InChI=1S/C12H17FN2O2/c1-9-8-10(2-3-11(9)13)12(16)15-5-7-17-6-4-14/h2-3,8H,4-7,14H2,1H3,(H,15,16). The first kappa shape index (κ1) is 13.6. The van der Waals surface area contributed by atoms with E-state index in [-0.39, 0.29) is 11.7 Å². The van der Waals surface area contributed by atoms with Crippen molar-refractivity contribution in [3.05, 3.63) is 35.1 Å². The van der Waals surface area contributed by atoms with Gasteiger partial charge in [-0.25, -0.2) is 4.39 Å². The molecule has 5 heteroatoms. The van der Waals surface area contributed by atoms with Crippen molar-refractivity contribution in [3.8, 4) is 0 Å². The molecule has 1 aromatic rings. The Hall–Kier alpha value is -1.46. The van der Waals surface area contributed by atoms with E-state index in [1.165, 1.54) is 18.2 Å². The van der Waals surface area contributed by atoms with Crippen LogP contribution in [-0.2, 0) is 4.74 Å². The maximum atomic E-state index is 13.0. The fraction of sp³-hybridized carbons (Fsp3) is 0.417. The molecule has 94 valence electrons. The lowest BCUT2D eigenvalue weighted by molar-refractivity contribution is 0.0919. The number of benzene rings is 1. The molecule has 0 bridgehead atoms. The number of nitrogens with one attached hydrogen (secondary N) is 1. The molecule has 0 atom stereocenters. The predicted molar refractivity (Wildman–Crippen MR) is 63.3 cm³/mol. The van der Waals surface area contributed by atoms with Crippen LogP contribution in [0.5, 0.6) is 0 Å². The van der Waals surface area contributed by atoms with Gasteiger partial charge in [0.15, 0.2) is 0 Å². The quantitative estimate of drug-likeness (QED) is 0.724. The maximum absolute atomic E-state index is 13.0. The zero-order valence-electron chi connectivity index (χ0n) is 9.83. The molecule has 3 N–H and O–H groups in total. The first-order chi connectivity index (χ1) is 8.15. The Balaban J connectivity index is 2.39. The van der Waals surface area contributed by atoms with Crippen LogP contribution < -0.4 is 11.1 Å². The third kappa shape index (κ3) is 4.50. The van der Waals surface area contributed by atoms with E-state index in [9.17, 15) is 9.18 Å². The molecule has 4 nitrogen and oxygen atoms in total. The van der Waals surface area contributed by atoms with Crippen molar-refractivity contribution in [2.24, 2.45) is 5.73 Å². The Morgan fingerprint density at radius 2 is 2.24 bits per heavy atom. The number of ether oxygens (including phenoxy) is 1. The molecule has 0 aliphatic rings. The average molecular weight is 240 g/mol. The van der Waals surface area contributed by atoms with Gasteiger partial charge in [0.1, 0.15) is 5.82 Å². The van der Waals surface area contributed by atoms with Crippen LogP contribution in [0.4, 0.5) is 4.39 Å². The van der Waals surface area contributed by atoms with Gasteiger partial charge in [-0.3, -0.25) is 4.79 Å². The van der Waals surface area contributed by atoms with E-state index in [1.807, 2.05) is 0 Å². The van der Waals surface area contributed by atoms with Crippen LogP contribution in [0.15, 0.2) is 18.2 Å². The minimum atomic E-state index is -0.312. The summed E-state index contributed by atoms with van der Waals surface area (Å²) in [5.74, 6) is -0.544. The smallest absolute Gasteiger partial charge is 0.251 e. The second-order valence-electron chi connectivity index (χ2n) is 3.62. The molecular weight excluding hydrogens is 223 g/mol. The van der Waals surface area contributed by atoms with E-state index in [4.69, 9.17) is 10.5 Å². The average Bonchev–Trinajstić information content (AvgIpc) is 2.32. The van der Waals surface area contributed by atoms with Crippen LogP contribution >= 0.6 is 0 Å². The van der Waals surface area contributed by atoms with Crippen molar-refractivity contribution >= 4 is 5.91 Å².